The highest BCUT2D eigenvalue weighted by molar-refractivity contribution is 7.97. The van der Waals surface area contributed by atoms with E-state index >= 15 is 0 Å². The van der Waals surface area contributed by atoms with Gasteiger partial charge in [-0.1, -0.05) is 50.7 Å². The van der Waals surface area contributed by atoms with Crippen molar-refractivity contribution in [2.75, 3.05) is 7.05 Å². The van der Waals surface area contributed by atoms with Crippen molar-refractivity contribution < 1.29 is 13.9 Å². The van der Waals surface area contributed by atoms with Crippen LogP contribution in [0.5, 0.6) is 0 Å². The zero-order chi connectivity index (χ0) is 21.2. The fourth-order valence-corrected chi connectivity index (χ4v) is 5.85. The van der Waals surface area contributed by atoms with Gasteiger partial charge in [0, 0.05) is 23.4 Å². The van der Waals surface area contributed by atoms with Crippen molar-refractivity contribution in [1.82, 2.24) is 14.5 Å². The first-order valence-electron chi connectivity index (χ1n) is 11.5. The summed E-state index contributed by atoms with van der Waals surface area (Å²) in [6.07, 6.45) is 11.1. The lowest BCUT2D eigenvalue weighted by molar-refractivity contribution is -0.142. The van der Waals surface area contributed by atoms with Crippen LogP contribution in [0, 0.1) is 5.92 Å². The molecular formula is C24H29N3O3S. The molecule has 2 fully saturated rings. The number of benzene rings is 1. The van der Waals surface area contributed by atoms with Crippen molar-refractivity contribution in [3.63, 3.8) is 0 Å². The summed E-state index contributed by atoms with van der Waals surface area (Å²) < 4.78 is 14.3. The van der Waals surface area contributed by atoms with Crippen LogP contribution in [0.3, 0.4) is 0 Å². The molecule has 164 valence electrons. The van der Waals surface area contributed by atoms with Crippen LogP contribution < -0.4 is 0 Å². The Morgan fingerprint density at radius 2 is 1.74 bits per heavy atom. The predicted molar refractivity (Wildman–Crippen MR) is 120 cm³/mol. The first-order chi connectivity index (χ1) is 15.2. The molecule has 2 heterocycles. The standard InChI is InChI=1S/C24H29N3O3S/c1-27-20(23-26-25-22(30-23)16-10-4-2-5-11-16)21(18-14-8-9-15-19(18)31-27)29-24(28)17-12-6-3-7-13-17/h8-9,14-17H,2-7,10-13H2,1H3. The van der Waals surface area contributed by atoms with Crippen LogP contribution in [0.2, 0.25) is 0 Å². The molecule has 31 heavy (non-hydrogen) atoms. The summed E-state index contributed by atoms with van der Waals surface area (Å²) >= 11 is 1.58. The lowest BCUT2D eigenvalue weighted by atomic mass is 9.89. The van der Waals surface area contributed by atoms with Crippen LogP contribution in [-0.2, 0) is 9.53 Å². The Balaban J connectivity index is 1.52. The normalized spacial score (nSPS) is 20.6. The molecule has 6 nitrogen and oxygen atoms in total. The molecule has 1 aromatic heterocycles. The minimum absolute atomic E-state index is 0.0324. The van der Waals surface area contributed by atoms with Crippen molar-refractivity contribution in [2.24, 2.45) is 5.92 Å². The summed E-state index contributed by atoms with van der Waals surface area (Å²) in [4.78, 5) is 14.1. The Labute approximate surface area is 187 Å². The monoisotopic (exact) mass is 439 g/mol. The van der Waals surface area contributed by atoms with Gasteiger partial charge in [-0.3, -0.25) is 4.79 Å². The van der Waals surface area contributed by atoms with E-state index < -0.39 is 0 Å². The largest absolute Gasteiger partial charge is 0.423 e. The number of carbonyl (C=O) groups is 1. The van der Waals surface area contributed by atoms with Gasteiger partial charge >= 0.3 is 5.97 Å². The summed E-state index contributed by atoms with van der Waals surface area (Å²) in [5.74, 6) is 1.82. The Morgan fingerprint density at radius 3 is 2.52 bits per heavy atom. The van der Waals surface area contributed by atoms with Gasteiger partial charge in [0.25, 0.3) is 5.89 Å². The van der Waals surface area contributed by atoms with Crippen LogP contribution in [0.4, 0.5) is 0 Å². The lowest BCUT2D eigenvalue weighted by Crippen LogP contribution is -2.23. The number of hydrogen-bond acceptors (Lipinski definition) is 7. The molecule has 0 N–H and O–H groups in total. The second-order valence-electron chi connectivity index (χ2n) is 8.80. The molecule has 3 aliphatic rings. The molecular weight excluding hydrogens is 410 g/mol. The van der Waals surface area contributed by atoms with Gasteiger partial charge in [0.1, 0.15) is 0 Å². The number of esters is 1. The van der Waals surface area contributed by atoms with Crippen molar-refractivity contribution in [3.05, 3.63) is 41.6 Å². The van der Waals surface area contributed by atoms with Gasteiger partial charge in [0.2, 0.25) is 5.89 Å². The van der Waals surface area contributed by atoms with Crippen LogP contribution in [-0.4, -0.2) is 27.5 Å². The Hall–Kier alpha value is -2.28. The fourth-order valence-electron chi connectivity index (χ4n) is 4.90. The zero-order valence-electron chi connectivity index (χ0n) is 18.0. The zero-order valence-corrected chi connectivity index (χ0v) is 18.8. The summed E-state index contributed by atoms with van der Waals surface area (Å²) in [5, 5.41) is 8.77. The van der Waals surface area contributed by atoms with Crippen molar-refractivity contribution in [2.45, 2.75) is 75.0 Å². The summed E-state index contributed by atoms with van der Waals surface area (Å²) in [5.41, 5.74) is 1.59. The molecule has 1 aromatic carbocycles. The number of hydrogen-bond donors (Lipinski definition) is 0. The van der Waals surface area contributed by atoms with Gasteiger partial charge in [-0.25, -0.2) is 0 Å². The Bertz CT molecular complexity index is 974. The van der Waals surface area contributed by atoms with Crippen LogP contribution in [0.15, 0.2) is 33.6 Å². The van der Waals surface area contributed by atoms with Gasteiger partial charge < -0.3 is 13.5 Å². The minimum Gasteiger partial charge on any atom is -0.423 e. The number of nitrogens with zero attached hydrogens (tertiary/aromatic N) is 3. The van der Waals surface area contributed by atoms with Gasteiger partial charge in [-0.05, 0) is 49.8 Å². The molecule has 0 saturated heterocycles. The van der Waals surface area contributed by atoms with E-state index in [4.69, 9.17) is 9.15 Å². The number of rotatable bonds is 4. The molecule has 0 radical (unpaired) electrons. The van der Waals surface area contributed by atoms with E-state index in [0.29, 0.717) is 29.2 Å². The maximum absolute atomic E-state index is 13.1. The molecule has 0 bridgehead atoms. The first kappa shape index (κ1) is 20.6. The molecule has 0 atom stereocenters. The number of aromatic nitrogens is 2. The van der Waals surface area contributed by atoms with E-state index in [9.17, 15) is 4.79 Å². The first-order valence-corrected chi connectivity index (χ1v) is 12.3. The van der Waals surface area contributed by atoms with Gasteiger partial charge in [-0.2, -0.15) is 0 Å². The van der Waals surface area contributed by atoms with E-state index in [1.807, 2.05) is 35.6 Å². The third-order valence-corrected chi connectivity index (χ3v) is 7.64. The average Bonchev–Trinajstić information content (AvgIpc) is 3.30. The number of fused-ring (bicyclic) bond motifs is 1. The number of carbonyl (C=O) groups excluding carboxylic acids is 1. The Kier molecular flexibility index (Phi) is 6.03. The van der Waals surface area contributed by atoms with E-state index in [-0.39, 0.29) is 11.9 Å². The Morgan fingerprint density at radius 1 is 1.03 bits per heavy atom. The topological polar surface area (TPSA) is 68.5 Å². The van der Waals surface area contributed by atoms with E-state index in [1.54, 1.807) is 11.9 Å². The van der Waals surface area contributed by atoms with E-state index in [1.165, 1.54) is 25.7 Å². The molecule has 2 saturated carbocycles. The van der Waals surface area contributed by atoms with E-state index in [2.05, 4.69) is 10.2 Å². The third kappa shape index (κ3) is 4.25. The second-order valence-corrected chi connectivity index (χ2v) is 9.97. The molecule has 5 rings (SSSR count). The predicted octanol–water partition coefficient (Wildman–Crippen LogP) is 6.02. The van der Waals surface area contributed by atoms with Crippen LogP contribution >= 0.6 is 11.9 Å². The number of ether oxygens (including phenoxy) is 1. The maximum atomic E-state index is 13.1. The van der Waals surface area contributed by atoms with Crippen LogP contribution in [0.1, 0.15) is 87.5 Å². The molecule has 7 heteroatoms. The lowest BCUT2D eigenvalue weighted by Gasteiger charge is -2.29. The van der Waals surface area contributed by atoms with Gasteiger partial charge in [0.15, 0.2) is 11.5 Å². The van der Waals surface area contributed by atoms with Gasteiger partial charge in [-0.15, -0.1) is 10.2 Å². The van der Waals surface area contributed by atoms with E-state index in [0.717, 1.165) is 49.0 Å². The smallest absolute Gasteiger partial charge is 0.314 e. The molecule has 1 aliphatic heterocycles. The fraction of sp³-hybridized carbons (Fsp3) is 0.542. The molecule has 2 aromatic rings. The van der Waals surface area contributed by atoms with Gasteiger partial charge in [0.05, 0.1) is 5.92 Å². The molecule has 0 unspecified atom stereocenters. The highest BCUT2D eigenvalue weighted by Crippen LogP contribution is 2.45. The van der Waals surface area contributed by atoms with Crippen molar-refractivity contribution in [3.8, 4) is 0 Å². The van der Waals surface area contributed by atoms with Crippen molar-refractivity contribution in [1.29, 1.82) is 0 Å². The highest BCUT2D eigenvalue weighted by Gasteiger charge is 2.34. The SMILES string of the molecule is CN1Sc2ccccc2C(OC(=O)C2CCCCC2)=C1c1nnc(C2CCCCC2)o1. The molecule has 0 spiro atoms. The van der Waals surface area contributed by atoms with Crippen LogP contribution in [0.25, 0.3) is 11.5 Å². The average molecular weight is 440 g/mol. The summed E-state index contributed by atoms with van der Waals surface area (Å²) in [6.45, 7) is 0. The third-order valence-electron chi connectivity index (χ3n) is 6.64. The quantitative estimate of drug-likeness (QED) is 0.426. The second kappa shape index (κ2) is 9.07. The highest BCUT2D eigenvalue weighted by atomic mass is 32.2. The maximum Gasteiger partial charge on any atom is 0.314 e. The van der Waals surface area contributed by atoms with Crippen molar-refractivity contribution >= 4 is 29.4 Å². The molecule has 2 aliphatic carbocycles. The minimum atomic E-state index is -0.144. The summed E-state index contributed by atoms with van der Waals surface area (Å²) in [6, 6.07) is 8.01. The molecule has 0 amide bonds. The summed E-state index contributed by atoms with van der Waals surface area (Å²) in [7, 11) is 1.95.